The van der Waals surface area contributed by atoms with Gasteiger partial charge in [0, 0.05) is 23.7 Å². The summed E-state index contributed by atoms with van der Waals surface area (Å²) >= 11 is 1.56. The van der Waals surface area contributed by atoms with Crippen LogP contribution in [0.15, 0.2) is 30.0 Å². The zero-order valence-electron chi connectivity index (χ0n) is 17.9. The Kier molecular flexibility index (Phi) is 5.19. The number of aryl methyl sites for hydroxylation is 3. The zero-order valence-corrected chi connectivity index (χ0v) is 18.7. The number of aromatic nitrogens is 6. The second-order valence-corrected chi connectivity index (χ2v) is 8.46. The van der Waals surface area contributed by atoms with E-state index in [-0.39, 0.29) is 0 Å². The van der Waals surface area contributed by atoms with Gasteiger partial charge in [0.15, 0.2) is 0 Å². The van der Waals surface area contributed by atoms with Gasteiger partial charge >= 0.3 is 0 Å². The minimum atomic E-state index is 0.540. The summed E-state index contributed by atoms with van der Waals surface area (Å²) in [5.74, 6) is 2.43. The lowest BCUT2D eigenvalue weighted by molar-refractivity contribution is 0.396. The first-order chi connectivity index (χ1) is 15.2. The topological polar surface area (TPSA) is 82.7 Å². The molecule has 31 heavy (non-hydrogen) atoms. The van der Waals surface area contributed by atoms with E-state index in [0.29, 0.717) is 5.88 Å². The van der Waals surface area contributed by atoms with Crippen molar-refractivity contribution in [2.24, 2.45) is 0 Å². The van der Waals surface area contributed by atoms with Crippen LogP contribution in [0.2, 0.25) is 0 Å². The summed E-state index contributed by atoms with van der Waals surface area (Å²) in [6.07, 6.45) is 8.27. The van der Waals surface area contributed by atoms with Crippen LogP contribution >= 0.6 is 11.3 Å². The maximum absolute atomic E-state index is 5.55. The summed E-state index contributed by atoms with van der Waals surface area (Å²) in [6.45, 7) is 4.91. The van der Waals surface area contributed by atoms with Gasteiger partial charge in [0.1, 0.15) is 28.0 Å². The molecule has 0 atom stereocenters. The van der Waals surface area contributed by atoms with E-state index in [0.717, 1.165) is 53.1 Å². The van der Waals surface area contributed by atoms with Crippen molar-refractivity contribution in [2.75, 3.05) is 12.4 Å². The van der Waals surface area contributed by atoms with Crippen LogP contribution in [0.25, 0.3) is 16.4 Å². The molecule has 0 bridgehead atoms. The average Bonchev–Trinajstić information content (AvgIpc) is 3.52. The molecule has 0 unspecified atom stereocenters. The Balaban J connectivity index is 1.43. The molecule has 1 aliphatic rings. The van der Waals surface area contributed by atoms with Crippen molar-refractivity contribution < 1.29 is 4.74 Å². The number of fused-ring (bicyclic) bond motifs is 1. The average molecular weight is 436 g/mol. The molecule has 0 aliphatic heterocycles. The number of hydrogen-bond donors (Lipinski definition) is 1. The van der Waals surface area contributed by atoms with Gasteiger partial charge in [-0.15, -0.1) is 11.3 Å². The first-order valence-electron chi connectivity index (χ1n) is 10.5. The van der Waals surface area contributed by atoms with Gasteiger partial charge < -0.3 is 14.6 Å². The monoisotopic (exact) mass is 435 g/mol. The largest absolute Gasteiger partial charge is 0.479 e. The van der Waals surface area contributed by atoms with E-state index < -0.39 is 0 Å². The van der Waals surface area contributed by atoms with Crippen molar-refractivity contribution in [1.29, 1.82) is 0 Å². The van der Waals surface area contributed by atoms with Gasteiger partial charge in [0.05, 0.1) is 24.8 Å². The van der Waals surface area contributed by atoms with Crippen LogP contribution in [0, 0.1) is 6.92 Å². The molecule has 4 aromatic heterocycles. The van der Waals surface area contributed by atoms with Crippen molar-refractivity contribution in [3.63, 3.8) is 0 Å². The molecule has 0 spiro atoms. The quantitative estimate of drug-likeness (QED) is 0.479. The number of ether oxygens (including phenoxy) is 1. The Morgan fingerprint density at radius 3 is 2.84 bits per heavy atom. The van der Waals surface area contributed by atoms with Gasteiger partial charge in [-0.25, -0.2) is 19.6 Å². The third kappa shape index (κ3) is 3.69. The molecular weight excluding hydrogens is 410 g/mol. The number of pyridine rings is 1. The lowest BCUT2D eigenvalue weighted by atomic mass is 9.97. The van der Waals surface area contributed by atoms with Crippen LogP contribution in [0.1, 0.15) is 36.7 Å². The molecule has 4 aromatic rings. The highest BCUT2D eigenvalue weighted by Gasteiger charge is 2.21. The number of imidazole rings is 1. The number of nitrogens with one attached hydrogen (secondary N) is 1. The van der Waals surface area contributed by atoms with Gasteiger partial charge in [-0.1, -0.05) is 0 Å². The number of rotatable bonds is 6. The Morgan fingerprint density at radius 1 is 1.19 bits per heavy atom. The second-order valence-electron chi connectivity index (χ2n) is 7.61. The minimum absolute atomic E-state index is 0.540. The normalized spacial score (nSPS) is 13.3. The number of methoxy groups -OCH3 is 1. The zero-order chi connectivity index (χ0) is 21.4. The molecule has 0 aromatic carbocycles. The molecule has 9 heteroatoms. The Labute approximate surface area is 185 Å². The number of thiazole rings is 1. The summed E-state index contributed by atoms with van der Waals surface area (Å²) in [5, 5.41) is 11.2. The fourth-order valence-electron chi connectivity index (χ4n) is 4.00. The molecule has 0 fully saturated rings. The number of anilines is 2. The first kappa shape index (κ1) is 19.7. The van der Waals surface area contributed by atoms with Crippen molar-refractivity contribution in [3.8, 4) is 22.3 Å². The molecular formula is C22H25N7OS. The predicted octanol–water partition coefficient (Wildman–Crippen LogP) is 4.55. The highest BCUT2D eigenvalue weighted by molar-refractivity contribution is 7.13. The summed E-state index contributed by atoms with van der Waals surface area (Å²) in [4.78, 5) is 13.8. The summed E-state index contributed by atoms with van der Waals surface area (Å²) < 4.78 is 9.51. The Morgan fingerprint density at radius 2 is 2.06 bits per heavy atom. The van der Waals surface area contributed by atoms with Crippen LogP contribution in [0.3, 0.4) is 0 Å². The van der Waals surface area contributed by atoms with E-state index in [1.54, 1.807) is 24.8 Å². The van der Waals surface area contributed by atoms with Crippen LogP contribution in [-0.2, 0) is 19.4 Å². The van der Waals surface area contributed by atoms with E-state index in [9.17, 15) is 0 Å². The molecule has 0 saturated carbocycles. The van der Waals surface area contributed by atoms with E-state index in [4.69, 9.17) is 19.8 Å². The third-order valence-electron chi connectivity index (χ3n) is 5.52. The molecule has 8 nitrogen and oxygen atoms in total. The summed E-state index contributed by atoms with van der Waals surface area (Å²) in [7, 11) is 1.63. The smallest absolute Gasteiger partial charge is 0.238 e. The molecule has 1 N–H and O–H groups in total. The van der Waals surface area contributed by atoms with Crippen molar-refractivity contribution in [1.82, 2.24) is 29.3 Å². The fourth-order valence-corrected chi connectivity index (χ4v) is 4.72. The third-order valence-corrected chi connectivity index (χ3v) is 6.38. The van der Waals surface area contributed by atoms with Crippen LogP contribution in [0.5, 0.6) is 5.88 Å². The van der Waals surface area contributed by atoms with E-state index in [1.807, 2.05) is 35.2 Å². The Hall–Kier alpha value is -3.20. The van der Waals surface area contributed by atoms with Gasteiger partial charge in [-0.3, -0.25) is 0 Å². The second kappa shape index (κ2) is 8.14. The Bertz CT molecular complexity index is 1220. The minimum Gasteiger partial charge on any atom is -0.479 e. The van der Waals surface area contributed by atoms with Gasteiger partial charge in [0.2, 0.25) is 5.88 Å². The summed E-state index contributed by atoms with van der Waals surface area (Å²) in [6, 6.07) is 3.95. The molecule has 160 valence electrons. The lowest BCUT2D eigenvalue weighted by Crippen LogP contribution is -2.05. The van der Waals surface area contributed by atoms with E-state index in [1.165, 1.54) is 24.1 Å². The van der Waals surface area contributed by atoms with Gasteiger partial charge in [-0.2, -0.15) is 5.10 Å². The van der Waals surface area contributed by atoms with Crippen LogP contribution < -0.4 is 10.1 Å². The first-order valence-corrected chi connectivity index (χ1v) is 11.4. The molecule has 0 radical (unpaired) electrons. The van der Waals surface area contributed by atoms with Crippen LogP contribution in [0.4, 0.5) is 11.6 Å². The molecule has 1 aliphatic carbocycles. The maximum Gasteiger partial charge on any atom is 0.238 e. The molecule has 0 saturated heterocycles. The fraction of sp³-hybridized carbons (Fsp3) is 0.364. The number of nitrogens with zero attached hydrogens (tertiary/aromatic N) is 6. The van der Waals surface area contributed by atoms with E-state index in [2.05, 4.69) is 21.9 Å². The highest BCUT2D eigenvalue weighted by Crippen LogP contribution is 2.33. The van der Waals surface area contributed by atoms with Crippen molar-refractivity contribution in [2.45, 2.75) is 46.1 Å². The standard InChI is InChI=1S/C22H25N7OS/c1-4-29-20(15-7-5-6-8-16(15)27-29)25-19-12-31-22(26-19)17-9-10-18(21(24-17)30-3)28-11-14(2)23-13-28/h9-13,25H,4-8H2,1-3H3. The number of hydrogen-bond acceptors (Lipinski definition) is 7. The predicted molar refractivity (Wildman–Crippen MR) is 122 cm³/mol. The highest BCUT2D eigenvalue weighted by atomic mass is 32.1. The molecule has 5 rings (SSSR count). The molecule has 4 heterocycles. The van der Waals surface area contributed by atoms with Crippen molar-refractivity contribution >= 4 is 23.0 Å². The maximum atomic E-state index is 5.55. The SMILES string of the molecule is CCn1nc2c(c1Nc1csc(-c3ccc(-n4cnc(C)c4)c(OC)n3)n1)CCCC2. The van der Waals surface area contributed by atoms with Crippen molar-refractivity contribution in [3.05, 3.63) is 47.0 Å². The van der Waals surface area contributed by atoms with Gasteiger partial charge in [-0.05, 0) is 51.7 Å². The summed E-state index contributed by atoms with van der Waals surface area (Å²) in [5.41, 5.74) is 5.13. The van der Waals surface area contributed by atoms with Crippen LogP contribution in [-0.4, -0.2) is 36.4 Å². The lowest BCUT2D eigenvalue weighted by Gasteiger charge is -2.12. The molecule has 0 amide bonds. The van der Waals surface area contributed by atoms with Gasteiger partial charge in [0.25, 0.3) is 0 Å². The van der Waals surface area contributed by atoms with E-state index >= 15 is 0 Å².